The van der Waals surface area contributed by atoms with Gasteiger partial charge in [-0.25, -0.2) is 23.7 Å². The molecule has 1 aliphatic rings. The van der Waals surface area contributed by atoms with Crippen LogP contribution in [0.5, 0.6) is 5.88 Å². The number of halogens is 3. The lowest BCUT2D eigenvalue weighted by molar-refractivity contribution is -0.115. The van der Waals surface area contributed by atoms with E-state index in [1.54, 1.807) is 6.07 Å². The molecule has 0 aliphatic carbocycles. The Hall–Kier alpha value is -3.60. The van der Waals surface area contributed by atoms with Crippen LogP contribution in [0, 0.1) is 0 Å². The SMILES string of the molecule is CC(F)(F)COc1ncc(CN2Cc3c(ccnc3NC(=O)Cc3cnco3)C2=O)cc1Cl. The molecule has 0 radical (unpaired) electrons. The predicted molar refractivity (Wildman–Crippen MR) is 112 cm³/mol. The summed E-state index contributed by atoms with van der Waals surface area (Å²) in [5.41, 5.74) is 1.59. The molecule has 2 amide bonds. The van der Waals surface area contributed by atoms with E-state index in [4.69, 9.17) is 20.8 Å². The summed E-state index contributed by atoms with van der Waals surface area (Å²) in [5, 5.41) is 2.76. The maximum Gasteiger partial charge on any atom is 0.278 e. The molecular weight excluding hydrogens is 460 g/mol. The maximum absolute atomic E-state index is 13.0. The Balaban J connectivity index is 1.44. The van der Waals surface area contributed by atoms with Gasteiger partial charge in [-0.05, 0) is 17.7 Å². The number of carbonyl (C=O) groups excluding carboxylic acids is 2. The fourth-order valence-corrected chi connectivity index (χ4v) is 3.50. The maximum atomic E-state index is 13.0. The molecule has 0 saturated carbocycles. The summed E-state index contributed by atoms with van der Waals surface area (Å²) in [7, 11) is 0. The summed E-state index contributed by atoms with van der Waals surface area (Å²) >= 11 is 6.10. The summed E-state index contributed by atoms with van der Waals surface area (Å²) in [6, 6.07) is 3.09. The van der Waals surface area contributed by atoms with Gasteiger partial charge in [0.25, 0.3) is 11.8 Å². The molecule has 0 fully saturated rings. The molecule has 0 saturated heterocycles. The first-order valence-corrected chi connectivity index (χ1v) is 10.2. The first-order valence-electron chi connectivity index (χ1n) is 9.79. The quantitative estimate of drug-likeness (QED) is 0.528. The number of ether oxygens (including phenoxy) is 1. The van der Waals surface area contributed by atoms with Crippen molar-refractivity contribution in [1.29, 1.82) is 0 Å². The van der Waals surface area contributed by atoms with Crippen molar-refractivity contribution in [2.75, 3.05) is 11.9 Å². The van der Waals surface area contributed by atoms with Crippen LogP contribution >= 0.6 is 11.6 Å². The number of oxazole rings is 1. The monoisotopic (exact) mass is 477 g/mol. The molecule has 1 aliphatic heterocycles. The number of aromatic nitrogens is 3. The summed E-state index contributed by atoms with van der Waals surface area (Å²) in [6.07, 6.45) is 5.50. The van der Waals surface area contributed by atoms with Crippen LogP contribution in [0.2, 0.25) is 5.02 Å². The number of amides is 2. The third-order valence-corrected chi connectivity index (χ3v) is 4.97. The summed E-state index contributed by atoms with van der Waals surface area (Å²) in [5.74, 6) is -3.06. The van der Waals surface area contributed by atoms with Crippen LogP contribution in [0.25, 0.3) is 0 Å². The summed E-state index contributed by atoms with van der Waals surface area (Å²) in [4.78, 5) is 38.6. The van der Waals surface area contributed by atoms with Crippen LogP contribution in [0.4, 0.5) is 14.6 Å². The highest BCUT2D eigenvalue weighted by molar-refractivity contribution is 6.31. The van der Waals surface area contributed by atoms with Crippen molar-refractivity contribution in [3.63, 3.8) is 0 Å². The van der Waals surface area contributed by atoms with Crippen LogP contribution in [0.3, 0.4) is 0 Å². The van der Waals surface area contributed by atoms with Crippen molar-refractivity contribution >= 4 is 29.2 Å². The Morgan fingerprint density at radius 3 is 2.88 bits per heavy atom. The Bertz CT molecular complexity index is 1180. The predicted octanol–water partition coefficient (Wildman–Crippen LogP) is 3.49. The molecule has 9 nitrogen and oxygen atoms in total. The van der Waals surface area contributed by atoms with Crippen molar-refractivity contribution in [3.8, 4) is 5.88 Å². The van der Waals surface area contributed by atoms with E-state index >= 15 is 0 Å². The number of alkyl halides is 2. The van der Waals surface area contributed by atoms with E-state index in [0.29, 0.717) is 22.5 Å². The number of hydrogen-bond acceptors (Lipinski definition) is 7. The minimum atomic E-state index is -3.02. The normalized spacial score (nSPS) is 13.2. The number of rotatable bonds is 8. The molecule has 0 unspecified atom stereocenters. The lowest BCUT2D eigenvalue weighted by atomic mass is 10.1. The molecule has 172 valence electrons. The van der Waals surface area contributed by atoms with Crippen molar-refractivity contribution in [3.05, 3.63) is 64.6 Å². The van der Waals surface area contributed by atoms with E-state index < -0.39 is 12.5 Å². The molecular formula is C21H18ClF2N5O4. The van der Waals surface area contributed by atoms with Gasteiger partial charge in [-0.2, -0.15) is 0 Å². The summed E-state index contributed by atoms with van der Waals surface area (Å²) in [6.45, 7) is 0.246. The number of nitrogens with zero attached hydrogens (tertiary/aromatic N) is 4. The number of anilines is 1. The van der Waals surface area contributed by atoms with E-state index in [-0.39, 0.29) is 48.0 Å². The van der Waals surface area contributed by atoms with Gasteiger partial charge in [-0.1, -0.05) is 11.6 Å². The molecule has 33 heavy (non-hydrogen) atoms. The lowest BCUT2D eigenvalue weighted by Crippen LogP contribution is -2.23. The average Bonchev–Trinajstić information content (AvgIpc) is 3.36. The van der Waals surface area contributed by atoms with Crippen molar-refractivity contribution in [2.24, 2.45) is 0 Å². The Kier molecular flexibility index (Phi) is 6.23. The summed E-state index contributed by atoms with van der Waals surface area (Å²) < 4.78 is 36.0. The molecule has 1 N–H and O–H groups in total. The van der Waals surface area contributed by atoms with Crippen molar-refractivity contribution in [2.45, 2.75) is 32.4 Å². The Morgan fingerprint density at radius 2 is 2.18 bits per heavy atom. The standard InChI is InChI=1S/C21H18ClF2N5O4/c1-21(23,24)10-32-19-16(22)4-12(6-27-19)8-29-9-15-14(20(29)31)2-3-26-18(15)28-17(30)5-13-7-25-11-33-13/h2-4,6-7,11H,5,8-10H2,1H3,(H,26,28,30). The van der Waals surface area contributed by atoms with Gasteiger partial charge in [0, 0.05) is 37.0 Å². The van der Waals surface area contributed by atoms with E-state index in [2.05, 4.69) is 20.3 Å². The molecule has 3 aromatic rings. The first kappa shape index (κ1) is 22.6. The first-order chi connectivity index (χ1) is 15.7. The highest BCUT2D eigenvalue weighted by Crippen LogP contribution is 2.30. The van der Waals surface area contributed by atoms with Crippen LogP contribution in [0.15, 0.2) is 41.5 Å². The Labute approximate surface area is 191 Å². The van der Waals surface area contributed by atoms with Crippen LogP contribution in [0.1, 0.15) is 34.2 Å². The second-order valence-electron chi connectivity index (χ2n) is 7.53. The largest absolute Gasteiger partial charge is 0.470 e. The fraction of sp³-hybridized carbons (Fsp3) is 0.286. The van der Waals surface area contributed by atoms with Crippen LogP contribution in [-0.4, -0.2) is 44.2 Å². The third-order valence-electron chi connectivity index (χ3n) is 4.70. The topological polar surface area (TPSA) is 110 Å². The Morgan fingerprint density at radius 1 is 1.36 bits per heavy atom. The van der Waals surface area contributed by atoms with Gasteiger partial charge in [0.15, 0.2) is 13.0 Å². The zero-order valence-corrected chi connectivity index (χ0v) is 18.1. The minimum Gasteiger partial charge on any atom is -0.470 e. The smallest absolute Gasteiger partial charge is 0.278 e. The zero-order valence-electron chi connectivity index (χ0n) is 17.3. The number of fused-ring (bicyclic) bond motifs is 1. The molecule has 0 aromatic carbocycles. The van der Waals surface area contributed by atoms with Gasteiger partial charge in [-0.3, -0.25) is 9.59 Å². The molecule has 12 heteroatoms. The molecule has 4 heterocycles. The second-order valence-corrected chi connectivity index (χ2v) is 7.94. The van der Waals surface area contributed by atoms with Gasteiger partial charge in [0.05, 0.1) is 19.2 Å². The number of hydrogen-bond donors (Lipinski definition) is 1. The molecule has 4 rings (SSSR count). The molecule has 0 bridgehead atoms. The van der Waals surface area contributed by atoms with Gasteiger partial charge in [-0.15, -0.1) is 0 Å². The third kappa shape index (κ3) is 5.43. The van der Waals surface area contributed by atoms with E-state index in [9.17, 15) is 18.4 Å². The van der Waals surface area contributed by atoms with E-state index in [1.165, 1.54) is 36.0 Å². The van der Waals surface area contributed by atoms with Gasteiger partial charge >= 0.3 is 0 Å². The number of pyridine rings is 2. The van der Waals surface area contributed by atoms with Crippen molar-refractivity contribution in [1.82, 2.24) is 19.9 Å². The van der Waals surface area contributed by atoms with Crippen molar-refractivity contribution < 1.29 is 27.5 Å². The zero-order chi connectivity index (χ0) is 23.6. The lowest BCUT2D eigenvalue weighted by Gasteiger charge is -2.17. The second kappa shape index (κ2) is 9.10. The fourth-order valence-electron chi connectivity index (χ4n) is 3.26. The van der Waals surface area contributed by atoms with Gasteiger partial charge in [0.2, 0.25) is 11.8 Å². The molecule has 0 atom stereocenters. The molecule has 0 spiro atoms. The van der Waals surface area contributed by atoms with Crippen LogP contribution in [-0.2, 0) is 24.3 Å². The number of carbonyl (C=O) groups is 2. The number of nitrogens with one attached hydrogen (secondary N) is 1. The van der Waals surface area contributed by atoms with Crippen LogP contribution < -0.4 is 10.1 Å². The van der Waals surface area contributed by atoms with Gasteiger partial charge < -0.3 is 19.4 Å². The highest BCUT2D eigenvalue weighted by atomic mass is 35.5. The average molecular weight is 478 g/mol. The van der Waals surface area contributed by atoms with E-state index in [1.807, 2.05) is 0 Å². The highest BCUT2D eigenvalue weighted by Gasteiger charge is 2.31. The van der Waals surface area contributed by atoms with E-state index in [0.717, 1.165) is 6.92 Å². The van der Waals surface area contributed by atoms with Gasteiger partial charge in [0.1, 0.15) is 16.6 Å². The molecule has 3 aromatic heterocycles. The minimum absolute atomic E-state index is 0.0223.